The molecule has 2 heterocycles. The van der Waals surface area contributed by atoms with E-state index in [1.165, 1.54) is 18.5 Å². The quantitative estimate of drug-likeness (QED) is 0.868. The molecule has 1 aliphatic rings. The smallest absolute Gasteiger partial charge is 0.422 e. The summed E-state index contributed by atoms with van der Waals surface area (Å²) in [5, 5.41) is 11.3. The number of aromatic nitrogens is 2. The highest BCUT2D eigenvalue weighted by molar-refractivity contribution is 6.30. The van der Waals surface area contributed by atoms with Crippen molar-refractivity contribution in [1.29, 1.82) is 0 Å². The first-order valence-electron chi connectivity index (χ1n) is 6.67. The monoisotopic (exact) mass is 332 g/mol. The van der Waals surface area contributed by atoms with Gasteiger partial charge in [-0.1, -0.05) is 11.6 Å². The molecule has 1 fully saturated rings. The van der Waals surface area contributed by atoms with Crippen LogP contribution in [0.3, 0.4) is 0 Å². The summed E-state index contributed by atoms with van der Waals surface area (Å²) in [4.78, 5) is 7.76. The molecular formula is C14H12ClF3N2O2. The molecule has 1 saturated carbocycles. The fourth-order valence-corrected chi connectivity index (χ4v) is 2.43. The van der Waals surface area contributed by atoms with Crippen molar-refractivity contribution in [2.24, 2.45) is 5.92 Å². The number of nitrogens with zero attached hydrogens (tertiary/aromatic N) is 2. The Hall–Kier alpha value is -1.60. The molecular weight excluding hydrogens is 321 g/mol. The van der Waals surface area contributed by atoms with Gasteiger partial charge in [0.25, 0.3) is 0 Å². The number of ether oxygens (including phenoxy) is 1. The van der Waals surface area contributed by atoms with Crippen LogP contribution in [0.25, 0.3) is 10.8 Å². The number of pyridine rings is 2. The van der Waals surface area contributed by atoms with Gasteiger partial charge in [-0.3, -0.25) is 0 Å². The number of aliphatic hydroxyl groups excluding tert-OH is 1. The minimum atomic E-state index is -4.46. The van der Waals surface area contributed by atoms with Crippen LogP contribution in [0.1, 0.15) is 24.5 Å². The molecule has 0 spiro atoms. The van der Waals surface area contributed by atoms with Crippen molar-refractivity contribution in [2.75, 3.05) is 6.61 Å². The maximum atomic E-state index is 12.3. The van der Waals surface area contributed by atoms with Gasteiger partial charge in [-0.05, 0) is 30.2 Å². The van der Waals surface area contributed by atoms with Crippen molar-refractivity contribution in [2.45, 2.75) is 25.1 Å². The predicted octanol–water partition coefficient (Wildman–Crippen LogP) is 3.67. The Bertz CT molecular complexity index is 704. The minimum absolute atomic E-state index is 0.152. The van der Waals surface area contributed by atoms with Gasteiger partial charge in [0.1, 0.15) is 5.15 Å². The Morgan fingerprint density at radius 3 is 2.64 bits per heavy atom. The van der Waals surface area contributed by atoms with Gasteiger partial charge in [0.05, 0.1) is 11.5 Å². The number of halogens is 4. The molecule has 0 bridgehead atoms. The Morgan fingerprint density at radius 2 is 2.00 bits per heavy atom. The second-order valence-electron chi connectivity index (χ2n) is 5.26. The molecule has 1 aliphatic carbocycles. The van der Waals surface area contributed by atoms with E-state index in [9.17, 15) is 18.3 Å². The van der Waals surface area contributed by atoms with Crippen LogP contribution < -0.4 is 4.74 Å². The largest absolute Gasteiger partial charge is 0.468 e. The average Bonchev–Trinajstić information content (AvgIpc) is 3.27. The van der Waals surface area contributed by atoms with Gasteiger partial charge in [-0.2, -0.15) is 13.2 Å². The summed E-state index contributed by atoms with van der Waals surface area (Å²) in [6.07, 6.45) is -0.709. The van der Waals surface area contributed by atoms with Crippen LogP contribution in [0.15, 0.2) is 18.5 Å². The Labute approximate surface area is 128 Å². The first-order chi connectivity index (χ1) is 10.3. The Morgan fingerprint density at radius 1 is 1.27 bits per heavy atom. The van der Waals surface area contributed by atoms with E-state index >= 15 is 0 Å². The molecule has 3 rings (SSSR count). The normalized spacial score (nSPS) is 16.8. The van der Waals surface area contributed by atoms with Crippen LogP contribution in [-0.4, -0.2) is 27.9 Å². The van der Waals surface area contributed by atoms with Crippen molar-refractivity contribution < 1.29 is 23.0 Å². The third-order valence-corrected chi connectivity index (χ3v) is 3.70. The molecule has 0 saturated heterocycles. The SMILES string of the molecule is OC(c1cnc(OCC(F)(F)F)c2cnc(Cl)cc12)C1CC1. The van der Waals surface area contributed by atoms with E-state index in [4.69, 9.17) is 16.3 Å². The molecule has 0 amide bonds. The second kappa shape index (κ2) is 5.55. The third-order valence-electron chi connectivity index (χ3n) is 3.49. The molecule has 4 nitrogen and oxygen atoms in total. The number of aliphatic hydroxyl groups is 1. The second-order valence-corrected chi connectivity index (χ2v) is 5.64. The van der Waals surface area contributed by atoms with Crippen LogP contribution in [0, 0.1) is 5.92 Å². The standard InChI is InChI=1S/C14H12ClF3N2O2/c15-11-3-8-9(12(21)7-1-2-7)4-20-13(10(8)5-19-11)22-6-14(16,17)18/h3-5,7,12,21H,1-2,6H2. The van der Waals surface area contributed by atoms with Crippen LogP contribution in [0.5, 0.6) is 5.88 Å². The molecule has 2 aromatic rings. The fourth-order valence-electron chi connectivity index (χ4n) is 2.27. The van der Waals surface area contributed by atoms with Crippen molar-refractivity contribution in [3.8, 4) is 5.88 Å². The first-order valence-corrected chi connectivity index (χ1v) is 7.05. The summed E-state index contributed by atoms with van der Waals surface area (Å²) in [7, 11) is 0. The number of hydrogen-bond acceptors (Lipinski definition) is 4. The first kappa shape index (κ1) is 15.3. The highest BCUT2D eigenvalue weighted by Gasteiger charge is 2.33. The minimum Gasteiger partial charge on any atom is -0.468 e. The van der Waals surface area contributed by atoms with E-state index in [1.807, 2.05) is 0 Å². The number of alkyl halides is 3. The molecule has 1 atom stereocenters. The summed E-state index contributed by atoms with van der Waals surface area (Å²) < 4.78 is 41.6. The van der Waals surface area contributed by atoms with E-state index in [0.29, 0.717) is 16.3 Å². The fraction of sp³-hybridized carbons (Fsp3) is 0.429. The van der Waals surface area contributed by atoms with Gasteiger partial charge in [0.15, 0.2) is 6.61 Å². The van der Waals surface area contributed by atoms with Crippen molar-refractivity contribution in [3.63, 3.8) is 0 Å². The maximum absolute atomic E-state index is 12.3. The van der Waals surface area contributed by atoms with E-state index in [2.05, 4.69) is 9.97 Å². The molecule has 2 aromatic heterocycles. The summed E-state index contributed by atoms with van der Waals surface area (Å²) in [5.74, 6) is -0.0258. The lowest BCUT2D eigenvalue weighted by atomic mass is 10.0. The van der Waals surface area contributed by atoms with Crippen molar-refractivity contribution >= 4 is 22.4 Å². The summed E-state index contributed by atoms with van der Waals surface area (Å²) in [6, 6.07) is 1.50. The zero-order chi connectivity index (χ0) is 15.9. The lowest BCUT2D eigenvalue weighted by molar-refractivity contribution is -0.153. The van der Waals surface area contributed by atoms with Gasteiger partial charge in [0.2, 0.25) is 5.88 Å². The number of hydrogen-bond donors (Lipinski definition) is 1. The summed E-state index contributed by atoms with van der Waals surface area (Å²) in [6.45, 7) is -1.44. The number of fused-ring (bicyclic) bond motifs is 1. The highest BCUT2D eigenvalue weighted by atomic mass is 35.5. The van der Waals surface area contributed by atoms with Crippen molar-refractivity contribution in [1.82, 2.24) is 9.97 Å². The van der Waals surface area contributed by atoms with Gasteiger partial charge >= 0.3 is 6.18 Å². The third kappa shape index (κ3) is 3.25. The van der Waals surface area contributed by atoms with Crippen LogP contribution in [0.4, 0.5) is 13.2 Å². The highest BCUT2D eigenvalue weighted by Crippen LogP contribution is 2.43. The molecule has 118 valence electrons. The van der Waals surface area contributed by atoms with Crippen molar-refractivity contribution in [3.05, 3.63) is 29.2 Å². The summed E-state index contributed by atoms with van der Waals surface area (Å²) in [5.41, 5.74) is 0.529. The lowest BCUT2D eigenvalue weighted by Gasteiger charge is -2.15. The topological polar surface area (TPSA) is 55.2 Å². The van der Waals surface area contributed by atoms with E-state index in [1.54, 1.807) is 0 Å². The summed E-state index contributed by atoms with van der Waals surface area (Å²) >= 11 is 5.86. The predicted molar refractivity (Wildman–Crippen MR) is 73.8 cm³/mol. The molecule has 8 heteroatoms. The van der Waals surface area contributed by atoms with Crippen LogP contribution in [-0.2, 0) is 0 Å². The molecule has 22 heavy (non-hydrogen) atoms. The van der Waals surface area contributed by atoms with Crippen LogP contribution >= 0.6 is 11.6 Å². The van der Waals surface area contributed by atoms with Gasteiger partial charge in [-0.25, -0.2) is 9.97 Å². The zero-order valence-corrected chi connectivity index (χ0v) is 12.0. The van der Waals surface area contributed by atoms with Gasteiger partial charge in [0, 0.05) is 18.0 Å². The lowest BCUT2D eigenvalue weighted by Crippen LogP contribution is -2.20. The zero-order valence-electron chi connectivity index (χ0n) is 11.3. The van der Waals surface area contributed by atoms with Gasteiger partial charge in [-0.15, -0.1) is 0 Å². The Kier molecular flexibility index (Phi) is 3.86. The number of rotatable bonds is 4. The molecule has 1 unspecified atom stereocenters. The van der Waals surface area contributed by atoms with Gasteiger partial charge < -0.3 is 9.84 Å². The van der Waals surface area contributed by atoms with Crippen LogP contribution in [0.2, 0.25) is 5.15 Å². The van der Waals surface area contributed by atoms with E-state index in [-0.39, 0.29) is 17.0 Å². The maximum Gasteiger partial charge on any atom is 0.422 e. The Balaban J connectivity index is 2.02. The van der Waals surface area contributed by atoms with E-state index < -0.39 is 18.9 Å². The molecule has 0 aliphatic heterocycles. The van der Waals surface area contributed by atoms with E-state index in [0.717, 1.165) is 12.8 Å². The molecule has 0 aromatic carbocycles. The molecule has 0 radical (unpaired) electrons. The molecule has 1 N–H and O–H groups in total. The average molecular weight is 333 g/mol.